The molecule has 2 heterocycles. The molecule has 0 aliphatic carbocycles. The van der Waals surface area contributed by atoms with Gasteiger partial charge in [0.15, 0.2) is 0 Å². The Bertz CT molecular complexity index is 1620. The van der Waals surface area contributed by atoms with Crippen LogP contribution in [0.4, 0.5) is 0 Å². The fourth-order valence-corrected chi connectivity index (χ4v) is 7.45. The van der Waals surface area contributed by atoms with Gasteiger partial charge in [-0.25, -0.2) is 0 Å². The summed E-state index contributed by atoms with van der Waals surface area (Å²) >= 11 is -0.814. The van der Waals surface area contributed by atoms with E-state index in [1.54, 1.807) is 38.1 Å². The molecule has 4 rings (SSSR count). The minimum absolute atomic E-state index is 0. The van der Waals surface area contributed by atoms with E-state index in [1.165, 1.54) is 0 Å². The molecule has 10 nitrogen and oxygen atoms in total. The molecule has 2 aromatic heterocycles. The van der Waals surface area contributed by atoms with Crippen molar-refractivity contribution in [2.24, 2.45) is 11.8 Å². The number of nitriles is 2. The fraction of sp³-hybridized carbons (Fsp3) is 0.312. The smallest absolute Gasteiger partial charge is 2.00 e. The number of benzene rings is 2. The number of hydrogen-bond acceptors (Lipinski definition) is 10. The first-order valence-electron chi connectivity index (χ1n) is 13.6. The molecule has 0 fully saturated rings. The van der Waals surface area contributed by atoms with Crippen molar-refractivity contribution in [1.29, 1.82) is 10.5 Å². The number of aromatic carboxylic acids is 2. The van der Waals surface area contributed by atoms with Crippen LogP contribution in [0, 0.1) is 48.3 Å². The van der Waals surface area contributed by atoms with E-state index in [2.05, 4.69) is 22.1 Å². The zero-order chi connectivity index (χ0) is 32.6. The minimum atomic E-state index is -1.17. The van der Waals surface area contributed by atoms with Crippen molar-refractivity contribution < 1.29 is 29.3 Å². The van der Waals surface area contributed by atoms with Crippen molar-refractivity contribution in [3.63, 3.8) is 0 Å². The van der Waals surface area contributed by atoms with Crippen molar-refractivity contribution >= 4 is 78.7 Å². The molecule has 228 valence electrons. The monoisotopic (exact) mass is 766 g/mol. The fourth-order valence-electron chi connectivity index (χ4n) is 3.68. The second-order valence-corrected chi connectivity index (χ2v) is 14.7. The number of hydrogen-bond donors (Lipinski definition) is 0. The van der Waals surface area contributed by atoms with Gasteiger partial charge in [0.25, 0.3) is 0 Å². The van der Waals surface area contributed by atoms with Crippen LogP contribution in [-0.4, -0.2) is 102 Å². The standard InChI is InChI=1S/2C16H16N2O3Se.Ca/c2*1-9(2)8-21-13-5-4-11(6-12(13)7-17)15-18-10(3)14(22-15)16(19)20;/h2*4-6,9H,8H2,1-3H3,(H,19,20);/q;;+2/p-2. The first kappa shape index (κ1) is 38.3. The quantitative estimate of drug-likeness (QED) is 0.219. The van der Waals surface area contributed by atoms with Gasteiger partial charge in [0.1, 0.15) is 0 Å². The van der Waals surface area contributed by atoms with Crippen LogP contribution in [0.5, 0.6) is 11.5 Å². The molecule has 0 N–H and O–H groups in total. The van der Waals surface area contributed by atoms with Crippen molar-refractivity contribution in [3.05, 3.63) is 67.8 Å². The molecule has 0 unspecified atom stereocenters. The van der Waals surface area contributed by atoms with Gasteiger partial charge in [0, 0.05) is 0 Å². The molecule has 0 saturated carbocycles. The molecule has 2 aromatic carbocycles. The average molecular weight is 765 g/mol. The molecular weight excluding hydrogens is 734 g/mol. The van der Waals surface area contributed by atoms with E-state index in [-0.39, 0.29) is 46.6 Å². The molecule has 13 heteroatoms. The number of aryl methyl sites for hydroxylation is 2. The molecule has 0 atom stereocenters. The number of rotatable bonds is 10. The van der Waals surface area contributed by atoms with Crippen LogP contribution >= 0.6 is 0 Å². The number of aromatic nitrogens is 2. The number of carboxylic acid groups (broad SMARTS) is 2. The Kier molecular flexibility index (Phi) is 15.0. The van der Waals surface area contributed by atoms with E-state index in [1.807, 2.05) is 39.8 Å². The molecule has 0 saturated heterocycles. The van der Waals surface area contributed by atoms with E-state index in [0.29, 0.717) is 68.2 Å². The molecule has 0 aliphatic rings. The molecule has 0 aliphatic heterocycles. The Hall–Kier alpha value is -2.92. The summed E-state index contributed by atoms with van der Waals surface area (Å²) < 4.78 is 13.1. The second kappa shape index (κ2) is 17.7. The number of carbonyl (C=O) groups is 2. The maximum Gasteiger partial charge on any atom is 2.00 e. The summed E-state index contributed by atoms with van der Waals surface area (Å²) in [4.78, 5) is 30.6. The van der Waals surface area contributed by atoms with E-state index in [0.717, 1.165) is 11.1 Å². The summed E-state index contributed by atoms with van der Waals surface area (Å²) in [5.41, 5.74) is 3.32. The predicted octanol–water partition coefficient (Wildman–Crippen LogP) is 2.39. The zero-order valence-electron chi connectivity index (χ0n) is 25.8. The van der Waals surface area contributed by atoms with Crippen LogP contribution in [0.1, 0.15) is 68.7 Å². The number of carboxylic acids is 2. The SMILES string of the molecule is Cc1nc(-c2ccc(OCC(C)C)c(C#N)c2)[se]c1C(=O)[O-].Cc1nc(-c2ccc(OCC(C)C)c(C#N)c2)[se]c1C(=O)[O-].[Ca+2]. The van der Waals surface area contributed by atoms with Crippen molar-refractivity contribution in [2.75, 3.05) is 13.2 Å². The summed E-state index contributed by atoms with van der Waals surface area (Å²) in [6.45, 7) is 12.5. The first-order valence-corrected chi connectivity index (χ1v) is 17.0. The summed E-state index contributed by atoms with van der Waals surface area (Å²) in [5, 5.41) is 40.6. The molecule has 45 heavy (non-hydrogen) atoms. The van der Waals surface area contributed by atoms with Gasteiger partial charge < -0.3 is 0 Å². The molecular formula is C32H30CaN4O6Se2. The third kappa shape index (κ3) is 10.6. The van der Waals surface area contributed by atoms with Crippen molar-refractivity contribution in [1.82, 2.24) is 9.97 Å². The van der Waals surface area contributed by atoms with E-state index < -0.39 is 40.9 Å². The summed E-state index contributed by atoms with van der Waals surface area (Å²) in [6, 6.07) is 14.7. The van der Waals surface area contributed by atoms with Gasteiger partial charge in [-0.3, -0.25) is 0 Å². The average Bonchev–Trinajstić information content (AvgIpc) is 3.57. The van der Waals surface area contributed by atoms with Crippen molar-refractivity contribution in [3.8, 4) is 43.9 Å². The Labute approximate surface area is 304 Å². The molecule has 0 radical (unpaired) electrons. The van der Waals surface area contributed by atoms with Crippen LogP contribution < -0.4 is 19.7 Å². The Morgan fingerprint density at radius 3 is 1.38 bits per heavy atom. The van der Waals surface area contributed by atoms with E-state index in [9.17, 15) is 30.3 Å². The third-order valence-corrected chi connectivity index (χ3v) is 10.8. The molecule has 4 aromatic rings. The molecule has 0 spiro atoms. The van der Waals surface area contributed by atoms with Crippen LogP contribution in [0.3, 0.4) is 0 Å². The van der Waals surface area contributed by atoms with Crippen LogP contribution in [-0.2, 0) is 0 Å². The second-order valence-electron chi connectivity index (χ2n) is 10.5. The maximum absolute atomic E-state index is 11.0. The van der Waals surface area contributed by atoms with Gasteiger partial charge in [-0.15, -0.1) is 0 Å². The van der Waals surface area contributed by atoms with Gasteiger partial charge in [0.2, 0.25) is 0 Å². The maximum atomic E-state index is 11.0. The summed E-state index contributed by atoms with van der Waals surface area (Å²) in [5.74, 6) is -0.536. The van der Waals surface area contributed by atoms with Gasteiger partial charge >= 0.3 is 307 Å². The van der Waals surface area contributed by atoms with Crippen LogP contribution in [0.25, 0.3) is 20.3 Å². The number of carbonyl (C=O) groups excluding carboxylic acids is 2. The normalized spacial score (nSPS) is 10.3. The van der Waals surface area contributed by atoms with E-state index in [4.69, 9.17) is 9.47 Å². The summed E-state index contributed by atoms with van der Waals surface area (Å²) in [6.07, 6.45) is 0. The Morgan fingerprint density at radius 1 is 0.756 bits per heavy atom. The van der Waals surface area contributed by atoms with Gasteiger partial charge in [0.05, 0.1) is 0 Å². The van der Waals surface area contributed by atoms with E-state index >= 15 is 0 Å². The number of ether oxygens (including phenoxy) is 2. The number of nitrogens with zero attached hydrogens (tertiary/aromatic N) is 4. The van der Waals surface area contributed by atoms with Gasteiger partial charge in [-0.1, -0.05) is 0 Å². The Balaban J connectivity index is 0.000000307. The topological polar surface area (TPSA) is 172 Å². The largest absolute Gasteiger partial charge is 2.00 e. The third-order valence-electron chi connectivity index (χ3n) is 5.80. The Morgan fingerprint density at radius 2 is 1.11 bits per heavy atom. The van der Waals surface area contributed by atoms with Gasteiger partial charge in [-0.2, -0.15) is 0 Å². The first-order chi connectivity index (χ1) is 20.8. The van der Waals surface area contributed by atoms with Crippen LogP contribution in [0.15, 0.2) is 36.4 Å². The molecule has 0 bridgehead atoms. The zero-order valence-corrected chi connectivity index (χ0v) is 31.4. The summed E-state index contributed by atoms with van der Waals surface area (Å²) in [7, 11) is 0. The minimum Gasteiger partial charge on any atom is 2.00 e. The van der Waals surface area contributed by atoms with Crippen LogP contribution in [0.2, 0.25) is 0 Å². The molecule has 0 amide bonds. The predicted molar refractivity (Wildman–Crippen MR) is 167 cm³/mol. The van der Waals surface area contributed by atoms with Gasteiger partial charge in [-0.05, 0) is 0 Å². The van der Waals surface area contributed by atoms with Crippen molar-refractivity contribution in [2.45, 2.75) is 41.5 Å².